The van der Waals surface area contributed by atoms with Gasteiger partial charge >= 0.3 is 0 Å². The summed E-state index contributed by atoms with van der Waals surface area (Å²) in [6.45, 7) is 0.507. The number of hydrogen-bond donors (Lipinski definition) is 3. The maximum Gasteiger partial charge on any atom is 0.238 e. The molecule has 7 heteroatoms. The van der Waals surface area contributed by atoms with Gasteiger partial charge in [0.15, 0.2) is 0 Å². The van der Waals surface area contributed by atoms with Gasteiger partial charge in [-0.1, -0.05) is 0 Å². The van der Waals surface area contributed by atoms with Crippen LogP contribution >= 0.6 is 0 Å². The van der Waals surface area contributed by atoms with E-state index in [4.69, 9.17) is 5.14 Å². The summed E-state index contributed by atoms with van der Waals surface area (Å²) in [6.07, 6.45) is 2.55. The summed E-state index contributed by atoms with van der Waals surface area (Å²) in [7, 11) is -3.65. The Balaban J connectivity index is 1.78. The Labute approximate surface area is 112 Å². The van der Waals surface area contributed by atoms with E-state index in [2.05, 4.69) is 10.6 Å². The van der Waals surface area contributed by atoms with E-state index in [1.165, 1.54) is 12.1 Å². The molecule has 1 fully saturated rings. The Morgan fingerprint density at radius 1 is 1.26 bits per heavy atom. The van der Waals surface area contributed by atoms with Crippen molar-refractivity contribution >= 4 is 21.6 Å². The number of anilines is 1. The minimum Gasteiger partial charge on any atom is -0.385 e. The summed E-state index contributed by atoms with van der Waals surface area (Å²) in [5, 5.41) is 10.9. The third-order valence-corrected chi connectivity index (χ3v) is 3.74. The molecule has 1 aliphatic rings. The van der Waals surface area contributed by atoms with Crippen molar-refractivity contribution in [2.45, 2.75) is 30.2 Å². The molecule has 0 aromatic heterocycles. The van der Waals surface area contributed by atoms with Crippen molar-refractivity contribution < 1.29 is 13.2 Å². The van der Waals surface area contributed by atoms with Crippen LogP contribution in [0, 0.1) is 0 Å². The van der Waals surface area contributed by atoms with Gasteiger partial charge in [0.25, 0.3) is 0 Å². The van der Waals surface area contributed by atoms with E-state index in [-0.39, 0.29) is 10.8 Å². The van der Waals surface area contributed by atoms with Gasteiger partial charge in [0.1, 0.15) is 0 Å². The average Bonchev–Trinajstić information content (AvgIpc) is 3.12. The lowest BCUT2D eigenvalue weighted by atomic mass is 10.3. The summed E-state index contributed by atoms with van der Waals surface area (Å²) >= 11 is 0. The second-order valence-corrected chi connectivity index (χ2v) is 6.15. The molecule has 0 radical (unpaired) electrons. The van der Waals surface area contributed by atoms with E-state index in [9.17, 15) is 13.2 Å². The fraction of sp³-hybridized carbons (Fsp3) is 0.417. The second kappa shape index (κ2) is 5.58. The first-order valence-electron chi connectivity index (χ1n) is 6.11. The highest BCUT2D eigenvalue weighted by Crippen LogP contribution is 2.18. The molecule has 19 heavy (non-hydrogen) atoms. The Kier molecular flexibility index (Phi) is 4.06. The third-order valence-electron chi connectivity index (χ3n) is 2.81. The topological polar surface area (TPSA) is 101 Å². The van der Waals surface area contributed by atoms with Gasteiger partial charge in [-0.05, 0) is 37.1 Å². The van der Waals surface area contributed by atoms with Crippen LogP contribution in [0.5, 0.6) is 0 Å². The van der Waals surface area contributed by atoms with Gasteiger partial charge in [0.05, 0.1) is 4.90 Å². The number of sulfonamides is 1. The van der Waals surface area contributed by atoms with Crippen LogP contribution in [0.25, 0.3) is 0 Å². The van der Waals surface area contributed by atoms with E-state index in [0.717, 1.165) is 18.5 Å². The molecular weight excluding hydrogens is 266 g/mol. The number of hydrogen-bond acceptors (Lipinski definition) is 4. The highest BCUT2D eigenvalue weighted by atomic mass is 32.2. The number of carbonyl (C=O) groups is 1. The van der Waals surface area contributed by atoms with Gasteiger partial charge in [-0.25, -0.2) is 13.6 Å². The SMILES string of the molecule is NS(=O)(=O)c1ccc(NCCC(=O)NC2CC2)cc1. The van der Waals surface area contributed by atoms with E-state index < -0.39 is 10.0 Å². The van der Waals surface area contributed by atoms with Crippen molar-refractivity contribution in [3.8, 4) is 0 Å². The molecule has 1 amide bonds. The smallest absolute Gasteiger partial charge is 0.238 e. The van der Waals surface area contributed by atoms with Gasteiger partial charge in [0, 0.05) is 24.7 Å². The monoisotopic (exact) mass is 283 g/mol. The Morgan fingerprint density at radius 3 is 2.42 bits per heavy atom. The summed E-state index contributed by atoms with van der Waals surface area (Å²) in [4.78, 5) is 11.5. The van der Waals surface area contributed by atoms with Crippen LogP contribution in [-0.2, 0) is 14.8 Å². The van der Waals surface area contributed by atoms with Crippen LogP contribution in [-0.4, -0.2) is 26.9 Å². The minimum atomic E-state index is -3.65. The maximum atomic E-state index is 11.4. The molecule has 0 unspecified atom stereocenters. The predicted molar refractivity (Wildman–Crippen MR) is 72.1 cm³/mol. The first-order chi connectivity index (χ1) is 8.95. The molecule has 2 rings (SSSR count). The zero-order chi connectivity index (χ0) is 13.9. The minimum absolute atomic E-state index is 0.0381. The Morgan fingerprint density at radius 2 is 1.89 bits per heavy atom. The molecule has 0 bridgehead atoms. The fourth-order valence-corrected chi connectivity index (χ4v) is 2.13. The lowest BCUT2D eigenvalue weighted by Gasteiger charge is -2.07. The van der Waals surface area contributed by atoms with Crippen molar-refractivity contribution in [2.75, 3.05) is 11.9 Å². The van der Waals surface area contributed by atoms with Crippen LogP contribution in [0.4, 0.5) is 5.69 Å². The molecule has 1 aliphatic carbocycles. The van der Waals surface area contributed by atoms with Crippen molar-refractivity contribution in [3.05, 3.63) is 24.3 Å². The highest BCUT2D eigenvalue weighted by molar-refractivity contribution is 7.89. The summed E-state index contributed by atoms with van der Waals surface area (Å²) < 4.78 is 22.1. The first kappa shape index (κ1) is 13.8. The number of nitrogens with two attached hydrogens (primary N) is 1. The van der Waals surface area contributed by atoms with Gasteiger partial charge in [-0.2, -0.15) is 0 Å². The van der Waals surface area contributed by atoms with Crippen LogP contribution in [0.2, 0.25) is 0 Å². The lowest BCUT2D eigenvalue weighted by molar-refractivity contribution is -0.120. The van der Waals surface area contributed by atoms with Crippen LogP contribution in [0.15, 0.2) is 29.2 Å². The fourth-order valence-electron chi connectivity index (χ4n) is 1.61. The third kappa shape index (κ3) is 4.53. The molecular formula is C12H17N3O3S. The summed E-state index contributed by atoms with van der Waals surface area (Å²) in [5.41, 5.74) is 0.756. The molecule has 1 saturated carbocycles. The number of carbonyl (C=O) groups excluding carboxylic acids is 1. The molecule has 0 heterocycles. The van der Waals surface area contributed by atoms with Gasteiger partial charge in [0.2, 0.25) is 15.9 Å². The molecule has 0 aliphatic heterocycles. The molecule has 1 aromatic carbocycles. The van der Waals surface area contributed by atoms with Crippen molar-refractivity contribution in [2.24, 2.45) is 5.14 Å². The van der Waals surface area contributed by atoms with Crippen LogP contribution < -0.4 is 15.8 Å². The van der Waals surface area contributed by atoms with Crippen molar-refractivity contribution in [1.29, 1.82) is 0 Å². The van der Waals surface area contributed by atoms with E-state index in [1.807, 2.05) is 0 Å². The zero-order valence-electron chi connectivity index (χ0n) is 10.4. The number of primary sulfonamides is 1. The van der Waals surface area contributed by atoms with Crippen LogP contribution in [0.3, 0.4) is 0 Å². The van der Waals surface area contributed by atoms with E-state index in [1.54, 1.807) is 12.1 Å². The highest BCUT2D eigenvalue weighted by Gasteiger charge is 2.22. The Bertz CT molecular complexity index is 550. The molecule has 0 spiro atoms. The van der Waals surface area contributed by atoms with Gasteiger partial charge in [-0.15, -0.1) is 0 Å². The standard InChI is InChI=1S/C12H17N3O3S/c13-19(17,18)11-5-3-9(4-6-11)14-8-7-12(16)15-10-1-2-10/h3-6,10,14H,1-2,7-8H2,(H,15,16)(H2,13,17,18). The van der Waals surface area contributed by atoms with E-state index >= 15 is 0 Å². The lowest BCUT2D eigenvalue weighted by Crippen LogP contribution is -2.27. The number of rotatable bonds is 6. The maximum absolute atomic E-state index is 11.4. The van der Waals surface area contributed by atoms with Crippen LogP contribution in [0.1, 0.15) is 19.3 Å². The molecule has 6 nitrogen and oxygen atoms in total. The summed E-state index contributed by atoms with van der Waals surface area (Å²) in [5.74, 6) is 0.0381. The first-order valence-corrected chi connectivity index (χ1v) is 7.66. The van der Waals surface area contributed by atoms with E-state index in [0.29, 0.717) is 19.0 Å². The zero-order valence-corrected chi connectivity index (χ0v) is 11.2. The van der Waals surface area contributed by atoms with Gasteiger partial charge < -0.3 is 10.6 Å². The summed E-state index contributed by atoms with van der Waals surface area (Å²) in [6, 6.07) is 6.49. The molecule has 0 saturated heterocycles. The quantitative estimate of drug-likeness (QED) is 0.704. The number of nitrogens with one attached hydrogen (secondary N) is 2. The normalized spacial score (nSPS) is 15.0. The second-order valence-electron chi connectivity index (χ2n) is 4.59. The van der Waals surface area contributed by atoms with Crippen molar-refractivity contribution in [3.63, 3.8) is 0 Å². The largest absolute Gasteiger partial charge is 0.385 e. The molecule has 104 valence electrons. The number of benzene rings is 1. The molecule has 0 atom stereocenters. The molecule has 4 N–H and O–H groups in total. The molecule has 1 aromatic rings. The Hall–Kier alpha value is -1.60. The predicted octanol–water partition coefficient (Wildman–Crippen LogP) is 0.415. The van der Waals surface area contributed by atoms with Gasteiger partial charge in [-0.3, -0.25) is 4.79 Å². The average molecular weight is 283 g/mol. The number of amides is 1. The van der Waals surface area contributed by atoms with Crippen molar-refractivity contribution in [1.82, 2.24) is 5.32 Å².